The highest BCUT2D eigenvalue weighted by Gasteiger charge is 2.37. The zero-order chi connectivity index (χ0) is 13.3. The van der Waals surface area contributed by atoms with Gasteiger partial charge in [0.1, 0.15) is 0 Å². The van der Waals surface area contributed by atoms with Crippen LogP contribution in [0.2, 0.25) is 0 Å². The summed E-state index contributed by atoms with van der Waals surface area (Å²) in [5.74, 6) is -1.20. The molecule has 0 aromatic heterocycles. The van der Waals surface area contributed by atoms with Crippen molar-refractivity contribution in [2.45, 2.75) is 31.5 Å². The molecule has 6 heteroatoms. The molecule has 1 saturated heterocycles. The van der Waals surface area contributed by atoms with E-state index in [0.717, 1.165) is 25.0 Å². The quantitative estimate of drug-likeness (QED) is 0.681. The molecule has 1 aromatic rings. The van der Waals surface area contributed by atoms with Crippen LogP contribution in [0, 0.1) is 0 Å². The summed E-state index contributed by atoms with van der Waals surface area (Å²) >= 11 is 0. The number of hydrogen-bond acceptors (Lipinski definition) is 3. The molecule has 1 aromatic carbocycles. The van der Waals surface area contributed by atoms with Crippen molar-refractivity contribution in [3.05, 3.63) is 23.3 Å². The fraction of sp³-hybridized carbons (Fsp3) is 0.500. The Labute approximate surface area is 102 Å². The van der Waals surface area contributed by atoms with E-state index in [1.807, 2.05) is 0 Å². The highest BCUT2D eigenvalue weighted by molar-refractivity contribution is 5.51. The Kier molecular flexibility index (Phi) is 3.38. The first-order valence-corrected chi connectivity index (χ1v) is 5.76. The predicted molar refractivity (Wildman–Crippen MR) is 59.4 cm³/mol. The normalized spacial score (nSPS) is 20.9. The van der Waals surface area contributed by atoms with Crippen molar-refractivity contribution in [1.29, 1.82) is 0 Å². The van der Waals surface area contributed by atoms with Gasteiger partial charge < -0.3 is 15.5 Å². The smallest absolute Gasteiger partial charge is 0.416 e. The molecule has 18 heavy (non-hydrogen) atoms. The topological polar surface area (TPSA) is 52.5 Å². The van der Waals surface area contributed by atoms with Crippen molar-refractivity contribution in [2.75, 3.05) is 6.54 Å². The van der Waals surface area contributed by atoms with Crippen LogP contribution >= 0.6 is 0 Å². The third-order valence-corrected chi connectivity index (χ3v) is 3.16. The van der Waals surface area contributed by atoms with Gasteiger partial charge in [-0.1, -0.05) is 6.42 Å². The lowest BCUT2D eigenvalue weighted by molar-refractivity contribution is -0.138. The van der Waals surface area contributed by atoms with Crippen LogP contribution in [0.1, 0.15) is 36.4 Å². The van der Waals surface area contributed by atoms with Gasteiger partial charge >= 0.3 is 6.18 Å². The molecular weight excluding hydrogens is 247 g/mol. The van der Waals surface area contributed by atoms with Crippen LogP contribution in [-0.2, 0) is 6.18 Å². The second kappa shape index (κ2) is 4.68. The third-order valence-electron chi connectivity index (χ3n) is 3.16. The molecule has 3 nitrogen and oxygen atoms in total. The Bertz CT molecular complexity index is 440. The van der Waals surface area contributed by atoms with Crippen molar-refractivity contribution in [3.63, 3.8) is 0 Å². The average Bonchev–Trinajstić information content (AvgIpc) is 2.32. The van der Waals surface area contributed by atoms with Crippen molar-refractivity contribution in [2.24, 2.45) is 0 Å². The van der Waals surface area contributed by atoms with Gasteiger partial charge in [-0.25, -0.2) is 0 Å². The van der Waals surface area contributed by atoms with Crippen LogP contribution in [0.3, 0.4) is 0 Å². The molecule has 2 rings (SSSR count). The predicted octanol–water partition coefficient (Wildman–Crippen LogP) is 2.93. The fourth-order valence-corrected chi connectivity index (χ4v) is 2.29. The summed E-state index contributed by atoms with van der Waals surface area (Å²) in [6.45, 7) is 0.608. The number of rotatable bonds is 1. The molecule has 0 spiro atoms. The molecule has 1 aliphatic rings. The minimum Gasteiger partial charge on any atom is -0.504 e. The van der Waals surface area contributed by atoms with Gasteiger partial charge in [-0.3, -0.25) is 0 Å². The van der Waals surface area contributed by atoms with Crippen LogP contribution in [-0.4, -0.2) is 16.8 Å². The Morgan fingerprint density at radius 1 is 1.17 bits per heavy atom. The van der Waals surface area contributed by atoms with E-state index in [0.29, 0.717) is 13.0 Å². The molecule has 1 unspecified atom stereocenters. The summed E-state index contributed by atoms with van der Waals surface area (Å²) in [6.07, 6.45) is -2.33. The van der Waals surface area contributed by atoms with E-state index in [-0.39, 0.29) is 5.56 Å². The molecular formula is C12H14F3NO2. The molecule has 1 atom stereocenters. The summed E-state index contributed by atoms with van der Waals surface area (Å²) in [5.41, 5.74) is -1.14. The van der Waals surface area contributed by atoms with Gasteiger partial charge in [0, 0.05) is 11.6 Å². The summed E-state index contributed by atoms with van der Waals surface area (Å²) in [6, 6.07) is 1.10. The van der Waals surface area contributed by atoms with Gasteiger partial charge in [0.2, 0.25) is 0 Å². The Balaban J connectivity index is 2.50. The van der Waals surface area contributed by atoms with E-state index in [1.165, 1.54) is 0 Å². The van der Waals surface area contributed by atoms with Crippen LogP contribution < -0.4 is 5.32 Å². The maximum Gasteiger partial charge on any atom is 0.416 e. The summed E-state index contributed by atoms with van der Waals surface area (Å²) in [7, 11) is 0. The van der Waals surface area contributed by atoms with Gasteiger partial charge in [-0.2, -0.15) is 13.2 Å². The van der Waals surface area contributed by atoms with Crippen LogP contribution in [0.4, 0.5) is 13.2 Å². The molecule has 1 aliphatic heterocycles. The maximum absolute atomic E-state index is 12.9. The molecule has 3 N–H and O–H groups in total. The zero-order valence-electron chi connectivity index (χ0n) is 9.59. The second-order valence-corrected chi connectivity index (χ2v) is 4.39. The number of hydrogen-bond donors (Lipinski definition) is 3. The van der Waals surface area contributed by atoms with Crippen molar-refractivity contribution in [3.8, 4) is 11.5 Å². The lowest BCUT2D eigenvalue weighted by atomic mass is 9.92. The van der Waals surface area contributed by atoms with E-state index in [1.54, 1.807) is 0 Å². The highest BCUT2D eigenvalue weighted by atomic mass is 19.4. The molecule has 0 saturated carbocycles. The SMILES string of the molecule is Oc1ccc(C(F)(F)F)c(C2CCCCN2)c1O. The number of nitrogens with one attached hydrogen (secondary N) is 1. The van der Waals surface area contributed by atoms with Gasteiger partial charge in [-0.05, 0) is 31.5 Å². The summed E-state index contributed by atoms with van der Waals surface area (Å²) in [4.78, 5) is 0. The molecule has 1 fully saturated rings. The molecule has 0 amide bonds. The second-order valence-electron chi connectivity index (χ2n) is 4.39. The third kappa shape index (κ3) is 2.38. The Hall–Kier alpha value is -1.43. The fourth-order valence-electron chi connectivity index (χ4n) is 2.29. The van der Waals surface area contributed by atoms with E-state index in [2.05, 4.69) is 5.32 Å². The molecule has 1 heterocycles. The standard InChI is InChI=1S/C12H14F3NO2/c13-12(14,15)7-4-5-9(17)11(18)10(7)8-3-1-2-6-16-8/h4-5,8,16-18H,1-3,6H2. The van der Waals surface area contributed by atoms with E-state index >= 15 is 0 Å². The number of alkyl halides is 3. The molecule has 100 valence electrons. The Morgan fingerprint density at radius 3 is 2.44 bits per heavy atom. The van der Waals surface area contributed by atoms with Crippen LogP contribution in [0.15, 0.2) is 12.1 Å². The largest absolute Gasteiger partial charge is 0.504 e. The number of phenolic OH excluding ortho intramolecular Hbond substituents is 2. The van der Waals surface area contributed by atoms with Gasteiger partial charge in [-0.15, -0.1) is 0 Å². The first kappa shape index (κ1) is 13.0. The van der Waals surface area contributed by atoms with Crippen molar-refractivity contribution >= 4 is 0 Å². The molecule has 0 radical (unpaired) electrons. The van der Waals surface area contributed by atoms with Crippen LogP contribution in [0.5, 0.6) is 11.5 Å². The number of aromatic hydroxyl groups is 2. The monoisotopic (exact) mass is 261 g/mol. The minimum atomic E-state index is -4.54. The lowest BCUT2D eigenvalue weighted by Gasteiger charge is -2.27. The van der Waals surface area contributed by atoms with Gasteiger partial charge in [0.15, 0.2) is 11.5 Å². The van der Waals surface area contributed by atoms with Crippen molar-refractivity contribution < 1.29 is 23.4 Å². The highest BCUT2D eigenvalue weighted by Crippen LogP contribution is 2.44. The zero-order valence-corrected chi connectivity index (χ0v) is 9.59. The summed E-state index contributed by atoms with van der Waals surface area (Å²) < 4.78 is 38.7. The minimum absolute atomic E-state index is 0.248. The maximum atomic E-state index is 12.9. The van der Waals surface area contributed by atoms with Crippen LogP contribution in [0.25, 0.3) is 0 Å². The Morgan fingerprint density at radius 2 is 1.89 bits per heavy atom. The average molecular weight is 261 g/mol. The summed E-state index contributed by atoms with van der Waals surface area (Å²) in [5, 5.41) is 22.0. The van der Waals surface area contributed by atoms with E-state index < -0.39 is 29.3 Å². The number of piperidine rings is 1. The van der Waals surface area contributed by atoms with Gasteiger partial charge in [0.25, 0.3) is 0 Å². The number of halogens is 3. The first-order chi connectivity index (χ1) is 8.41. The van der Waals surface area contributed by atoms with E-state index in [9.17, 15) is 23.4 Å². The van der Waals surface area contributed by atoms with Gasteiger partial charge in [0.05, 0.1) is 5.56 Å². The molecule has 0 bridgehead atoms. The van der Waals surface area contributed by atoms with Crippen molar-refractivity contribution in [1.82, 2.24) is 5.32 Å². The molecule has 0 aliphatic carbocycles. The van der Waals surface area contributed by atoms with E-state index in [4.69, 9.17) is 0 Å². The lowest BCUT2D eigenvalue weighted by Crippen LogP contribution is -2.28. The first-order valence-electron chi connectivity index (χ1n) is 5.76. The number of benzene rings is 1. The number of phenols is 2.